The van der Waals surface area contributed by atoms with Gasteiger partial charge in [0.2, 0.25) is 0 Å². The van der Waals surface area contributed by atoms with Crippen LogP contribution in [0.1, 0.15) is 371 Å². The summed E-state index contributed by atoms with van der Waals surface area (Å²) in [6, 6.07) is 0. The number of aliphatic hydroxyl groups is 3. The molecule has 0 aliphatic heterocycles. The van der Waals surface area contributed by atoms with Crippen LogP contribution in [-0.2, 0) is 65.2 Å². The van der Waals surface area contributed by atoms with Crippen LogP contribution in [0.4, 0.5) is 0 Å². The molecule has 12 nitrogen and oxygen atoms in total. The third-order valence-electron chi connectivity index (χ3n) is 11.7. The average Bonchev–Trinajstić information content (AvgIpc) is 3.56. The smallest absolute Gasteiger partial charge is 0.662 e. The SMILES string of the molecule is CCCCC(CC)CO.CCCCCCCCCCO.CCCCCCO.CCC[N-]CCC.CCC[N-]CCC.CCC[N-]CCC.CCC[N-]CCC.CCC[N-]CCC.CCC[N-]CCC.CCC[N-]CCC.CCC[N-]CCC.CCC[N-]CCC.[Ti+3].[Ti+3].[Ti+3]. The molecule has 3 radical (unpaired) electrons. The van der Waals surface area contributed by atoms with E-state index >= 15 is 0 Å². The zero-order valence-electron chi connectivity index (χ0n) is 68.3. The first-order chi connectivity index (χ1) is 43.9. The molecule has 0 heterocycles. The molecule has 567 valence electrons. The third-order valence-corrected chi connectivity index (χ3v) is 11.7. The van der Waals surface area contributed by atoms with Crippen LogP contribution in [0.25, 0.3) is 47.9 Å². The largest absolute Gasteiger partial charge is 3.00 e. The molecule has 0 rings (SSSR count). The molecule has 1 unspecified atom stereocenters. The van der Waals surface area contributed by atoms with Crippen molar-refractivity contribution in [3.8, 4) is 0 Å². The predicted molar refractivity (Wildman–Crippen MR) is 424 cm³/mol. The first-order valence-corrected chi connectivity index (χ1v) is 39.4. The van der Waals surface area contributed by atoms with Gasteiger partial charge in [0, 0.05) is 19.8 Å². The number of nitrogens with zero attached hydrogens (tertiary/aromatic N) is 9. The molecule has 0 fully saturated rings. The second kappa shape index (κ2) is 171. The minimum absolute atomic E-state index is 0. The summed E-state index contributed by atoms with van der Waals surface area (Å²) in [5.41, 5.74) is 0. The predicted octanol–water partition coefficient (Wildman–Crippen LogP) is 26.5. The molecule has 0 aromatic carbocycles. The van der Waals surface area contributed by atoms with E-state index in [2.05, 4.69) is 200 Å². The van der Waals surface area contributed by atoms with Crippen molar-refractivity contribution >= 4 is 0 Å². The quantitative estimate of drug-likeness (QED) is 0.0405. The van der Waals surface area contributed by atoms with Gasteiger partial charge in [0.15, 0.2) is 0 Å². The Balaban J connectivity index is -0.0000000549. The van der Waals surface area contributed by atoms with Gasteiger partial charge in [-0.15, -0.1) is 118 Å². The van der Waals surface area contributed by atoms with E-state index in [1.54, 1.807) is 0 Å². The fraction of sp³-hybridized carbons (Fsp3) is 1.00. The van der Waals surface area contributed by atoms with Gasteiger partial charge in [0.05, 0.1) is 0 Å². The van der Waals surface area contributed by atoms with Gasteiger partial charge >= 0.3 is 65.2 Å². The van der Waals surface area contributed by atoms with Crippen molar-refractivity contribution in [3.05, 3.63) is 47.9 Å². The van der Waals surface area contributed by atoms with Crippen LogP contribution in [0.3, 0.4) is 0 Å². The zero-order chi connectivity index (χ0) is 70.8. The van der Waals surface area contributed by atoms with Crippen LogP contribution >= 0.6 is 0 Å². The van der Waals surface area contributed by atoms with E-state index in [0.29, 0.717) is 25.7 Å². The van der Waals surface area contributed by atoms with Crippen LogP contribution < -0.4 is 0 Å². The molecule has 93 heavy (non-hydrogen) atoms. The van der Waals surface area contributed by atoms with Gasteiger partial charge in [0.1, 0.15) is 0 Å². The van der Waals surface area contributed by atoms with Crippen LogP contribution in [-0.4, -0.2) is 153 Å². The van der Waals surface area contributed by atoms with Crippen LogP contribution in [0.15, 0.2) is 0 Å². The number of aliphatic hydroxyl groups excluding tert-OH is 3. The van der Waals surface area contributed by atoms with Gasteiger partial charge in [-0.1, -0.05) is 351 Å². The van der Waals surface area contributed by atoms with Gasteiger partial charge in [-0.25, -0.2) is 0 Å². The average molecular weight is 1440 g/mol. The van der Waals surface area contributed by atoms with Crippen molar-refractivity contribution in [1.82, 2.24) is 0 Å². The molecule has 3 N–H and O–H groups in total. The first-order valence-electron chi connectivity index (χ1n) is 39.4. The summed E-state index contributed by atoms with van der Waals surface area (Å²) in [5.74, 6) is 0.560. The number of hydrogen-bond acceptors (Lipinski definition) is 3. The topological polar surface area (TPSA) is 188 Å². The summed E-state index contributed by atoms with van der Waals surface area (Å²) in [4.78, 5) is 0. The zero-order valence-corrected chi connectivity index (χ0v) is 73.0. The van der Waals surface area contributed by atoms with E-state index in [1.807, 2.05) is 0 Å². The summed E-state index contributed by atoms with van der Waals surface area (Å²) in [7, 11) is 0. The van der Waals surface area contributed by atoms with Crippen LogP contribution in [0, 0.1) is 5.92 Å². The minimum Gasteiger partial charge on any atom is -0.662 e. The summed E-state index contributed by atoms with van der Waals surface area (Å²) in [6.45, 7) is 67.5. The Morgan fingerprint density at radius 2 is 0.323 bits per heavy atom. The van der Waals surface area contributed by atoms with Crippen LogP contribution in [0.5, 0.6) is 0 Å². The molecule has 0 aromatic rings. The van der Waals surface area contributed by atoms with E-state index in [0.717, 1.165) is 137 Å². The third kappa shape index (κ3) is 237. The van der Waals surface area contributed by atoms with Crippen LogP contribution in [0.2, 0.25) is 0 Å². The molecular formula is C78H180N9O3Ti3. The van der Waals surface area contributed by atoms with Gasteiger partial charge < -0.3 is 63.2 Å². The Hall–Kier alpha value is 1.66. The van der Waals surface area contributed by atoms with Gasteiger partial charge in [0.25, 0.3) is 0 Å². The van der Waals surface area contributed by atoms with Gasteiger partial charge in [-0.2, -0.15) is 0 Å². The van der Waals surface area contributed by atoms with Crippen molar-refractivity contribution in [1.29, 1.82) is 0 Å². The molecule has 0 spiro atoms. The molecular weight excluding hydrogens is 1250 g/mol. The van der Waals surface area contributed by atoms with E-state index in [-0.39, 0.29) is 65.2 Å². The summed E-state index contributed by atoms with van der Waals surface area (Å²) >= 11 is 0. The number of rotatable bonds is 53. The molecule has 0 amide bonds. The second-order valence-electron chi connectivity index (χ2n) is 22.6. The Morgan fingerprint density at radius 1 is 0.183 bits per heavy atom. The van der Waals surface area contributed by atoms with Gasteiger partial charge in [-0.3, -0.25) is 0 Å². The first kappa shape index (κ1) is 131. The Kier molecular flexibility index (Phi) is 240. The monoisotopic (exact) mass is 1440 g/mol. The van der Waals surface area contributed by atoms with E-state index in [1.165, 1.54) is 199 Å². The molecule has 1 atom stereocenters. The Labute approximate surface area is 637 Å². The maximum Gasteiger partial charge on any atom is 3.00 e. The maximum absolute atomic E-state index is 8.75. The summed E-state index contributed by atoms with van der Waals surface area (Å²) < 4.78 is 0. The molecule has 15 heteroatoms. The second-order valence-corrected chi connectivity index (χ2v) is 22.6. The fourth-order valence-electron chi connectivity index (χ4n) is 6.55. The molecule has 0 aliphatic rings. The molecule has 0 saturated heterocycles. The van der Waals surface area contributed by atoms with Crippen molar-refractivity contribution < 1.29 is 80.5 Å². The molecule has 0 saturated carbocycles. The summed E-state index contributed by atoms with van der Waals surface area (Å²) in [5, 5.41) is 63.4. The van der Waals surface area contributed by atoms with Crippen molar-refractivity contribution in [3.63, 3.8) is 0 Å². The minimum atomic E-state index is 0. The van der Waals surface area contributed by atoms with E-state index in [9.17, 15) is 0 Å². The van der Waals surface area contributed by atoms with E-state index in [4.69, 9.17) is 15.3 Å². The molecule has 0 aliphatic carbocycles. The fourth-order valence-corrected chi connectivity index (χ4v) is 6.55. The van der Waals surface area contributed by atoms with Crippen molar-refractivity contribution in [2.45, 2.75) is 371 Å². The standard InChI is InChI=1S/C10H22O.C8H18O.9C6H14N.C6H14O.3Ti/c1-2-3-4-5-6-7-8-9-10-11;1-3-5-6-8(4-2)7-9;9*1-3-5-7-6-4-2;1-2-3-4-5-6-7;;;/h11H,2-10H2,1H3;8-9H,3-7H2,1-2H3;9*3-6H2,1-2H3;7H,2-6H2,1H3;;;/q;;9*-1;;3*+3. The molecule has 0 bridgehead atoms. The maximum atomic E-state index is 8.75. The Bertz CT molecular complexity index is 675. The number of unbranched alkanes of at least 4 members (excludes halogenated alkanes) is 11. The van der Waals surface area contributed by atoms with Crippen molar-refractivity contribution in [2.75, 3.05) is 138 Å². The van der Waals surface area contributed by atoms with Crippen molar-refractivity contribution in [2.24, 2.45) is 5.92 Å². The molecule has 0 aromatic heterocycles. The van der Waals surface area contributed by atoms with E-state index < -0.39 is 0 Å². The van der Waals surface area contributed by atoms with Gasteiger partial charge in [-0.05, 0) is 25.2 Å². The summed E-state index contributed by atoms with van der Waals surface area (Å²) in [6.07, 6.45) is 41.4. The Morgan fingerprint density at radius 3 is 0.441 bits per heavy atom. The number of hydrogen-bond donors (Lipinski definition) is 3. The normalized spacial score (nSPS) is 9.65.